The summed E-state index contributed by atoms with van der Waals surface area (Å²) >= 11 is 1.53. The number of aryl methyl sites for hydroxylation is 2. The standard InChI is InChI=1S/C26H24N6OS/c1-5-14-32-24(29-31-26(32)34-17(3)25-30-28-18(4)33-25)21-15-23(19-12-10-16(2)11-13-19)27-22-9-7-6-8-20(21)22/h5-13,15,17H,1,14H2,2-4H3. The van der Waals surface area contributed by atoms with E-state index >= 15 is 0 Å². The van der Waals surface area contributed by atoms with E-state index in [4.69, 9.17) is 9.40 Å². The van der Waals surface area contributed by atoms with Crippen LogP contribution >= 0.6 is 11.8 Å². The first-order valence-corrected chi connectivity index (χ1v) is 11.9. The number of hydrogen-bond acceptors (Lipinski definition) is 7. The lowest BCUT2D eigenvalue weighted by Gasteiger charge is -2.13. The van der Waals surface area contributed by atoms with Gasteiger partial charge in [0.15, 0.2) is 11.0 Å². The molecular weight excluding hydrogens is 444 g/mol. The molecule has 0 aliphatic rings. The average Bonchev–Trinajstić information content (AvgIpc) is 3.45. The summed E-state index contributed by atoms with van der Waals surface area (Å²) in [7, 11) is 0. The summed E-state index contributed by atoms with van der Waals surface area (Å²) in [6, 6.07) is 18.6. The van der Waals surface area contributed by atoms with Crippen LogP contribution in [-0.4, -0.2) is 29.9 Å². The molecule has 1 atom stereocenters. The molecule has 0 fully saturated rings. The number of thioether (sulfide) groups is 1. The molecule has 1 unspecified atom stereocenters. The highest BCUT2D eigenvalue weighted by molar-refractivity contribution is 7.99. The molecule has 2 aromatic carbocycles. The SMILES string of the molecule is C=CCn1c(SC(C)c2nnc(C)o2)nnc1-c1cc(-c2ccc(C)cc2)nc2ccccc12. The van der Waals surface area contributed by atoms with Crippen LogP contribution < -0.4 is 0 Å². The van der Waals surface area contributed by atoms with Gasteiger partial charge in [0.2, 0.25) is 11.8 Å². The summed E-state index contributed by atoms with van der Waals surface area (Å²) in [4.78, 5) is 4.92. The van der Waals surface area contributed by atoms with Crippen molar-refractivity contribution in [3.8, 4) is 22.6 Å². The van der Waals surface area contributed by atoms with Crippen LogP contribution in [0.2, 0.25) is 0 Å². The van der Waals surface area contributed by atoms with E-state index in [1.165, 1.54) is 17.3 Å². The Hall–Kier alpha value is -3.78. The number of allylic oxidation sites excluding steroid dienone is 1. The Labute approximate surface area is 202 Å². The molecule has 8 heteroatoms. The van der Waals surface area contributed by atoms with E-state index in [1.54, 1.807) is 6.92 Å². The van der Waals surface area contributed by atoms with Crippen molar-refractivity contribution < 1.29 is 4.42 Å². The minimum Gasteiger partial charge on any atom is -0.424 e. The Bertz CT molecular complexity index is 1470. The zero-order valence-corrected chi connectivity index (χ0v) is 20.1. The minimum absolute atomic E-state index is 0.0703. The third-order valence-corrected chi connectivity index (χ3v) is 6.57. The van der Waals surface area contributed by atoms with Crippen LogP contribution in [0.5, 0.6) is 0 Å². The molecule has 0 saturated carbocycles. The van der Waals surface area contributed by atoms with Crippen LogP contribution in [-0.2, 0) is 6.54 Å². The molecule has 0 bridgehead atoms. The van der Waals surface area contributed by atoms with Gasteiger partial charge in [-0.15, -0.1) is 27.0 Å². The molecule has 170 valence electrons. The normalized spacial score (nSPS) is 12.2. The lowest BCUT2D eigenvalue weighted by Crippen LogP contribution is -2.03. The number of aromatic nitrogens is 6. The number of rotatable bonds is 7. The van der Waals surface area contributed by atoms with E-state index in [2.05, 4.69) is 74.9 Å². The molecule has 5 rings (SSSR count). The lowest BCUT2D eigenvalue weighted by molar-refractivity contribution is 0.470. The van der Waals surface area contributed by atoms with Gasteiger partial charge in [0.1, 0.15) is 0 Å². The molecule has 3 heterocycles. The van der Waals surface area contributed by atoms with E-state index in [1.807, 2.05) is 31.2 Å². The van der Waals surface area contributed by atoms with Crippen molar-refractivity contribution >= 4 is 22.7 Å². The summed E-state index contributed by atoms with van der Waals surface area (Å²) in [5.41, 5.74) is 5.05. The van der Waals surface area contributed by atoms with Crippen molar-refractivity contribution in [1.82, 2.24) is 29.9 Å². The van der Waals surface area contributed by atoms with Crippen molar-refractivity contribution in [1.29, 1.82) is 0 Å². The quantitative estimate of drug-likeness (QED) is 0.208. The van der Waals surface area contributed by atoms with Crippen LogP contribution in [0.15, 0.2) is 76.8 Å². The first-order chi connectivity index (χ1) is 16.5. The van der Waals surface area contributed by atoms with Crippen molar-refractivity contribution in [2.75, 3.05) is 0 Å². The largest absolute Gasteiger partial charge is 0.424 e. The second kappa shape index (κ2) is 9.23. The molecule has 0 N–H and O–H groups in total. The van der Waals surface area contributed by atoms with Gasteiger partial charge in [-0.25, -0.2) is 4.98 Å². The fourth-order valence-corrected chi connectivity index (χ4v) is 4.67. The molecule has 0 aliphatic carbocycles. The second-order valence-corrected chi connectivity index (χ2v) is 9.37. The summed E-state index contributed by atoms with van der Waals surface area (Å²) in [6.07, 6.45) is 1.85. The number of hydrogen-bond donors (Lipinski definition) is 0. The molecule has 0 saturated heterocycles. The Morgan fingerprint density at radius 1 is 1.03 bits per heavy atom. The fourth-order valence-electron chi connectivity index (χ4n) is 3.79. The van der Waals surface area contributed by atoms with Gasteiger partial charge < -0.3 is 4.42 Å². The fraction of sp³-hybridized carbons (Fsp3) is 0.192. The van der Waals surface area contributed by atoms with Gasteiger partial charge in [0.25, 0.3) is 0 Å². The van der Waals surface area contributed by atoms with Crippen LogP contribution in [0.4, 0.5) is 0 Å². The van der Waals surface area contributed by atoms with Gasteiger partial charge in [0, 0.05) is 30.0 Å². The van der Waals surface area contributed by atoms with Gasteiger partial charge in [-0.05, 0) is 26.0 Å². The Morgan fingerprint density at radius 3 is 2.56 bits per heavy atom. The first-order valence-electron chi connectivity index (χ1n) is 11.0. The Kier molecular flexibility index (Phi) is 5.98. The lowest BCUT2D eigenvalue weighted by atomic mass is 10.0. The Balaban J connectivity index is 1.62. The van der Waals surface area contributed by atoms with Crippen molar-refractivity contribution in [2.45, 2.75) is 37.7 Å². The third-order valence-electron chi connectivity index (χ3n) is 5.50. The molecule has 3 aromatic heterocycles. The smallest absolute Gasteiger partial charge is 0.229 e. The summed E-state index contributed by atoms with van der Waals surface area (Å²) in [6.45, 7) is 10.4. The number of para-hydroxylation sites is 1. The van der Waals surface area contributed by atoms with Crippen LogP contribution in [0, 0.1) is 13.8 Å². The van der Waals surface area contributed by atoms with Crippen LogP contribution in [0.25, 0.3) is 33.5 Å². The molecule has 0 aliphatic heterocycles. The van der Waals surface area contributed by atoms with Gasteiger partial charge >= 0.3 is 0 Å². The summed E-state index contributed by atoms with van der Waals surface area (Å²) < 4.78 is 7.68. The molecule has 0 spiro atoms. The van der Waals surface area contributed by atoms with Gasteiger partial charge in [0.05, 0.1) is 16.5 Å². The van der Waals surface area contributed by atoms with Gasteiger partial charge in [-0.1, -0.05) is 65.9 Å². The van der Waals surface area contributed by atoms with Crippen molar-refractivity contribution in [3.05, 3.63) is 84.6 Å². The highest BCUT2D eigenvalue weighted by atomic mass is 32.2. The predicted octanol–water partition coefficient (Wildman–Crippen LogP) is 6.20. The van der Waals surface area contributed by atoms with E-state index in [-0.39, 0.29) is 5.25 Å². The number of benzene rings is 2. The summed E-state index contributed by atoms with van der Waals surface area (Å²) in [5, 5.41) is 18.9. The predicted molar refractivity (Wildman–Crippen MR) is 134 cm³/mol. The maximum Gasteiger partial charge on any atom is 0.229 e. The van der Waals surface area contributed by atoms with E-state index < -0.39 is 0 Å². The molecule has 34 heavy (non-hydrogen) atoms. The maximum atomic E-state index is 5.61. The molecular formula is C26H24N6OS. The van der Waals surface area contributed by atoms with Crippen molar-refractivity contribution in [2.24, 2.45) is 0 Å². The first kappa shape index (κ1) is 22.0. The number of nitrogens with zero attached hydrogens (tertiary/aromatic N) is 6. The zero-order chi connectivity index (χ0) is 23.7. The zero-order valence-electron chi connectivity index (χ0n) is 19.3. The topological polar surface area (TPSA) is 82.5 Å². The monoisotopic (exact) mass is 468 g/mol. The van der Waals surface area contributed by atoms with E-state index in [0.29, 0.717) is 18.3 Å². The second-order valence-electron chi connectivity index (χ2n) is 8.06. The molecule has 0 amide bonds. The van der Waals surface area contributed by atoms with Crippen LogP contribution in [0.3, 0.4) is 0 Å². The number of pyridine rings is 1. The third kappa shape index (κ3) is 4.24. The molecule has 0 radical (unpaired) electrons. The maximum absolute atomic E-state index is 5.61. The van der Waals surface area contributed by atoms with Crippen molar-refractivity contribution in [3.63, 3.8) is 0 Å². The molecule has 5 aromatic rings. The minimum atomic E-state index is -0.0703. The number of fused-ring (bicyclic) bond motifs is 1. The van der Waals surface area contributed by atoms with Crippen LogP contribution in [0.1, 0.15) is 29.5 Å². The van der Waals surface area contributed by atoms with E-state index in [0.717, 1.165) is 38.7 Å². The summed E-state index contributed by atoms with van der Waals surface area (Å²) in [5.74, 6) is 1.87. The van der Waals surface area contributed by atoms with E-state index in [9.17, 15) is 0 Å². The van der Waals surface area contributed by atoms with Gasteiger partial charge in [-0.2, -0.15) is 0 Å². The highest BCUT2D eigenvalue weighted by Gasteiger charge is 2.22. The molecule has 7 nitrogen and oxygen atoms in total. The Morgan fingerprint density at radius 2 is 1.82 bits per heavy atom. The highest BCUT2D eigenvalue weighted by Crippen LogP contribution is 2.37. The van der Waals surface area contributed by atoms with Gasteiger partial charge in [-0.3, -0.25) is 4.57 Å². The average molecular weight is 469 g/mol.